The number of Topliss-reactive ketones (excluding diaryl/α,β-unsaturated/α-hetero) is 1. The average Bonchev–Trinajstić information content (AvgIpc) is 2.65. The fourth-order valence-electron chi connectivity index (χ4n) is 2.09. The molecule has 0 radical (unpaired) electrons. The molecule has 2 aromatic heterocycles. The first-order valence-corrected chi connectivity index (χ1v) is 6.57. The molecule has 2 heterocycles. The van der Waals surface area contributed by atoms with E-state index >= 15 is 0 Å². The Labute approximate surface area is 117 Å². The molecule has 0 saturated heterocycles. The van der Waals surface area contributed by atoms with E-state index < -0.39 is 0 Å². The second-order valence-corrected chi connectivity index (χ2v) is 4.80. The SMILES string of the molecule is CCc1cccnc1C(=O)Cc1c(C)nn(C)c1Cl. The Morgan fingerprint density at radius 3 is 2.79 bits per heavy atom. The molecular formula is C14H16ClN3O. The molecule has 0 aliphatic carbocycles. The first-order chi connectivity index (χ1) is 9.04. The van der Waals surface area contributed by atoms with Crippen molar-refractivity contribution in [1.82, 2.24) is 14.8 Å². The summed E-state index contributed by atoms with van der Waals surface area (Å²) in [6.45, 7) is 3.86. The molecule has 0 aliphatic heterocycles. The first-order valence-electron chi connectivity index (χ1n) is 6.19. The van der Waals surface area contributed by atoms with Gasteiger partial charge in [0.05, 0.1) is 5.69 Å². The Morgan fingerprint density at radius 1 is 1.47 bits per heavy atom. The van der Waals surface area contributed by atoms with Crippen molar-refractivity contribution < 1.29 is 4.79 Å². The minimum absolute atomic E-state index is 0.0181. The summed E-state index contributed by atoms with van der Waals surface area (Å²) in [6, 6.07) is 3.77. The average molecular weight is 278 g/mol. The Balaban J connectivity index is 2.31. The third kappa shape index (κ3) is 2.68. The normalized spacial score (nSPS) is 10.7. The standard InChI is InChI=1S/C14H16ClN3O/c1-4-10-6-5-7-16-13(10)12(19)8-11-9(2)17-18(3)14(11)15/h5-7H,4,8H2,1-3H3. The van der Waals surface area contributed by atoms with E-state index in [1.807, 2.05) is 26.0 Å². The van der Waals surface area contributed by atoms with Gasteiger partial charge in [0.25, 0.3) is 0 Å². The van der Waals surface area contributed by atoms with Crippen LogP contribution in [-0.2, 0) is 19.9 Å². The number of pyridine rings is 1. The molecule has 0 aliphatic rings. The molecule has 0 amide bonds. The van der Waals surface area contributed by atoms with Crippen LogP contribution in [0.25, 0.3) is 0 Å². The molecule has 19 heavy (non-hydrogen) atoms. The summed E-state index contributed by atoms with van der Waals surface area (Å²) in [5.41, 5.74) is 3.06. The lowest BCUT2D eigenvalue weighted by atomic mass is 10.0. The van der Waals surface area contributed by atoms with Gasteiger partial charge in [0, 0.05) is 25.2 Å². The van der Waals surface area contributed by atoms with Gasteiger partial charge in [-0.05, 0) is 25.0 Å². The highest BCUT2D eigenvalue weighted by Crippen LogP contribution is 2.21. The van der Waals surface area contributed by atoms with Crippen LogP contribution in [0.15, 0.2) is 18.3 Å². The fourth-order valence-corrected chi connectivity index (χ4v) is 2.34. The van der Waals surface area contributed by atoms with Gasteiger partial charge >= 0.3 is 0 Å². The highest BCUT2D eigenvalue weighted by Gasteiger charge is 2.18. The number of hydrogen-bond donors (Lipinski definition) is 0. The van der Waals surface area contributed by atoms with Crippen molar-refractivity contribution >= 4 is 17.4 Å². The Bertz CT molecular complexity index is 619. The highest BCUT2D eigenvalue weighted by molar-refractivity contribution is 6.30. The zero-order chi connectivity index (χ0) is 14.0. The van der Waals surface area contributed by atoms with Crippen molar-refractivity contribution in [2.24, 2.45) is 7.05 Å². The molecule has 0 bridgehead atoms. The van der Waals surface area contributed by atoms with E-state index in [-0.39, 0.29) is 12.2 Å². The summed E-state index contributed by atoms with van der Waals surface area (Å²) < 4.78 is 1.58. The number of aryl methyl sites for hydroxylation is 3. The number of halogens is 1. The molecule has 0 aromatic carbocycles. The van der Waals surface area contributed by atoms with Crippen LogP contribution in [-0.4, -0.2) is 20.5 Å². The van der Waals surface area contributed by atoms with Crippen LogP contribution in [0.2, 0.25) is 5.15 Å². The van der Waals surface area contributed by atoms with E-state index in [0.717, 1.165) is 23.2 Å². The second-order valence-electron chi connectivity index (χ2n) is 4.44. The maximum absolute atomic E-state index is 12.3. The minimum atomic E-state index is -0.0181. The lowest BCUT2D eigenvalue weighted by Crippen LogP contribution is -2.10. The van der Waals surface area contributed by atoms with Crippen molar-refractivity contribution in [3.05, 3.63) is 46.0 Å². The predicted octanol–water partition coefficient (Wildman–Crippen LogP) is 2.76. The quantitative estimate of drug-likeness (QED) is 0.808. The van der Waals surface area contributed by atoms with E-state index in [2.05, 4.69) is 10.1 Å². The third-order valence-corrected chi connectivity index (χ3v) is 3.62. The predicted molar refractivity (Wildman–Crippen MR) is 74.6 cm³/mol. The molecule has 0 unspecified atom stereocenters. The molecule has 2 aromatic rings. The van der Waals surface area contributed by atoms with Gasteiger partial charge in [0.15, 0.2) is 5.78 Å². The molecule has 4 nitrogen and oxygen atoms in total. The van der Waals surface area contributed by atoms with E-state index in [9.17, 15) is 4.79 Å². The number of hydrogen-bond acceptors (Lipinski definition) is 3. The van der Waals surface area contributed by atoms with Crippen molar-refractivity contribution in [1.29, 1.82) is 0 Å². The topological polar surface area (TPSA) is 47.8 Å². The van der Waals surface area contributed by atoms with Gasteiger partial charge in [-0.3, -0.25) is 14.5 Å². The molecule has 0 spiro atoms. The number of nitrogens with zero attached hydrogens (tertiary/aromatic N) is 3. The summed E-state index contributed by atoms with van der Waals surface area (Å²) >= 11 is 6.15. The van der Waals surface area contributed by atoms with E-state index in [1.54, 1.807) is 17.9 Å². The number of carbonyl (C=O) groups excluding carboxylic acids is 1. The van der Waals surface area contributed by atoms with Crippen LogP contribution in [0, 0.1) is 6.92 Å². The molecule has 0 atom stereocenters. The van der Waals surface area contributed by atoms with E-state index in [4.69, 9.17) is 11.6 Å². The van der Waals surface area contributed by atoms with Crippen LogP contribution in [0.5, 0.6) is 0 Å². The van der Waals surface area contributed by atoms with Crippen LogP contribution in [0.1, 0.15) is 34.2 Å². The molecular weight excluding hydrogens is 262 g/mol. The lowest BCUT2D eigenvalue weighted by Gasteiger charge is -2.05. The number of carbonyl (C=O) groups is 1. The summed E-state index contributed by atoms with van der Waals surface area (Å²) in [7, 11) is 1.77. The van der Waals surface area contributed by atoms with Crippen LogP contribution in [0.3, 0.4) is 0 Å². The smallest absolute Gasteiger partial charge is 0.185 e. The van der Waals surface area contributed by atoms with Gasteiger partial charge in [0.1, 0.15) is 10.8 Å². The number of aromatic nitrogens is 3. The van der Waals surface area contributed by atoms with Gasteiger partial charge in [-0.15, -0.1) is 0 Å². The van der Waals surface area contributed by atoms with Gasteiger partial charge in [-0.1, -0.05) is 24.6 Å². The highest BCUT2D eigenvalue weighted by atomic mass is 35.5. The monoisotopic (exact) mass is 277 g/mol. The maximum atomic E-state index is 12.3. The summed E-state index contributed by atoms with van der Waals surface area (Å²) in [6.07, 6.45) is 2.67. The van der Waals surface area contributed by atoms with Crippen LogP contribution in [0.4, 0.5) is 0 Å². The van der Waals surface area contributed by atoms with Crippen molar-refractivity contribution in [2.45, 2.75) is 26.7 Å². The van der Waals surface area contributed by atoms with Crippen LogP contribution < -0.4 is 0 Å². The zero-order valence-corrected chi connectivity index (χ0v) is 12.0. The molecule has 0 N–H and O–H groups in total. The number of rotatable bonds is 4. The van der Waals surface area contributed by atoms with E-state index in [0.29, 0.717) is 10.8 Å². The van der Waals surface area contributed by atoms with Gasteiger partial charge < -0.3 is 0 Å². The lowest BCUT2D eigenvalue weighted by molar-refractivity contribution is 0.0987. The Morgan fingerprint density at radius 2 is 2.21 bits per heavy atom. The van der Waals surface area contributed by atoms with Crippen molar-refractivity contribution in [3.63, 3.8) is 0 Å². The molecule has 100 valence electrons. The molecule has 0 saturated carbocycles. The minimum Gasteiger partial charge on any atom is -0.292 e. The van der Waals surface area contributed by atoms with Crippen molar-refractivity contribution in [2.75, 3.05) is 0 Å². The maximum Gasteiger partial charge on any atom is 0.185 e. The fraction of sp³-hybridized carbons (Fsp3) is 0.357. The summed E-state index contributed by atoms with van der Waals surface area (Å²) in [4.78, 5) is 16.5. The molecule has 5 heteroatoms. The Hall–Kier alpha value is -1.68. The summed E-state index contributed by atoms with van der Waals surface area (Å²) in [5, 5.41) is 4.73. The largest absolute Gasteiger partial charge is 0.292 e. The van der Waals surface area contributed by atoms with Gasteiger partial charge in [0.2, 0.25) is 0 Å². The summed E-state index contributed by atoms with van der Waals surface area (Å²) in [5.74, 6) is -0.0181. The molecule has 0 fully saturated rings. The molecule has 2 rings (SSSR count). The zero-order valence-electron chi connectivity index (χ0n) is 11.3. The van der Waals surface area contributed by atoms with Crippen LogP contribution >= 0.6 is 11.6 Å². The second kappa shape index (κ2) is 5.53. The third-order valence-electron chi connectivity index (χ3n) is 3.14. The Kier molecular flexibility index (Phi) is 4.00. The van der Waals surface area contributed by atoms with Crippen molar-refractivity contribution in [3.8, 4) is 0 Å². The number of ketones is 1. The van der Waals surface area contributed by atoms with E-state index in [1.165, 1.54) is 0 Å². The van der Waals surface area contributed by atoms with Gasteiger partial charge in [-0.25, -0.2) is 0 Å². The first kappa shape index (κ1) is 13.7. The van der Waals surface area contributed by atoms with Gasteiger partial charge in [-0.2, -0.15) is 5.10 Å².